The zero-order chi connectivity index (χ0) is 23.4. The molecule has 1 aromatic carbocycles. The van der Waals surface area contributed by atoms with Crippen LogP contribution in [0.2, 0.25) is 0 Å². The minimum Gasteiger partial charge on any atom is -0.432 e. The van der Waals surface area contributed by atoms with Gasteiger partial charge >= 0.3 is 6.18 Å². The maximum absolute atomic E-state index is 13.4. The number of pyridine rings is 1. The molecule has 8 nitrogen and oxygen atoms in total. The van der Waals surface area contributed by atoms with Crippen LogP contribution in [-0.4, -0.2) is 52.5 Å². The van der Waals surface area contributed by atoms with Gasteiger partial charge in [0, 0.05) is 41.3 Å². The lowest BCUT2D eigenvalue weighted by molar-refractivity contribution is -0.140. The fourth-order valence-corrected chi connectivity index (χ4v) is 4.21. The summed E-state index contributed by atoms with van der Waals surface area (Å²) in [5.74, 6) is 0.740. The molecule has 5 heterocycles. The van der Waals surface area contributed by atoms with Crippen LogP contribution in [0, 0.1) is 0 Å². The largest absolute Gasteiger partial charge is 0.432 e. The van der Waals surface area contributed by atoms with E-state index in [4.69, 9.17) is 14.1 Å². The van der Waals surface area contributed by atoms with Gasteiger partial charge in [0.1, 0.15) is 11.2 Å². The number of nitrogens with zero attached hydrogens (tertiary/aromatic N) is 4. The topological polar surface area (TPSA) is 97.1 Å². The third-order valence-corrected chi connectivity index (χ3v) is 5.83. The maximum atomic E-state index is 13.4. The molecule has 1 fully saturated rings. The minimum absolute atomic E-state index is 0.242. The van der Waals surface area contributed by atoms with Crippen molar-refractivity contribution in [3.8, 4) is 11.4 Å². The SMILES string of the molecule is O=Cc1cnc2oc3c(N4CCOCC4)nc(-c4cccc5[nH]c(C(F)(F)F)cc45)nc3c2c1. The maximum Gasteiger partial charge on any atom is 0.431 e. The summed E-state index contributed by atoms with van der Waals surface area (Å²) in [5.41, 5.74) is 1.39. The molecule has 172 valence electrons. The van der Waals surface area contributed by atoms with Gasteiger partial charge in [0.15, 0.2) is 23.5 Å². The van der Waals surface area contributed by atoms with Crippen LogP contribution in [0.1, 0.15) is 16.1 Å². The number of anilines is 1. The van der Waals surface area contributed by atoms with Gasteiger partial charge in [-0.25, -0.2) is 15.0 Å². The number of ether oxygens (including phenoxy) is 1. The Kier molecular flexibility index (Phi) is 4.56. The van der Waals surface area contributed by atoms with Gasteiger partial charge in [-0.1, -0.05) is 12.1 Å². The van der Waals surface area contributed by atoms with Gasteiger partial charge < -0.3 is 19.0 Å². The first-order chi connectivity index (χ1) is 16.4. The third-order valence-electron chi connectivity index (χ3n) is 5.83. The zero-order valence-corrected chi connectivity index (χ0v) is 17.5. The second-order valence-corrected chi connectivity index (χ2v) is 7.94. The molecule has 1 saturated heterocycles. The van der Waals surface area contributed by atoms with Gasteiger partial charge in [0.05, 0.1) is 18.6 Å². The van der Waals surface area contributed by atoms with E-state index in [1.54, 1.807) is 24.3 Å². The molecule has 5 aromatic rings. The number of fused-ring (bicyclic) bond motifs is 4. The van der Waals surface area contributed by atoms with Crippen LogP contribution >= 0.6 is 0 Å². The summed E-state index contributed by atoms with van der Waals surface area (Å²) in [6.07, 6.45) is -2.44. The van der Waals surface area contributed by atoms with E-state index >= 15 is 0 Å². The van der Waals surface area contributed by atoms with E-state index in [-0.39, 0.29) is 5.82 Å². The number of aldehydes is 1. The molecule has 0 amide bonds. The Labute approximate surface area is 189 Å². The lowest BCUT2D eigenvalue weighted by Crippen LogP contribution is -2.37. The van der Waals surface area contributed by atoms with Gasteiger partial charge in [0.2, 0.25) is 5.71 Å². The Hall–Kier alpha value is -3.99. The van der Waals surface area contributed by atoms with Crippen molar-refractivity contribution in [2.45, 2.75) is 6.18 Å². The summed E-state index contributed by atoms with van der Waals surface area (Å²) in [6.45, 7) is 2.11. The number of carbonyl (C=O) groups is 1. The number of H-pyrrole nitrogens is 1. The molecule has 0 aliphatic carbocycles. The zero-order valence-electron chi connectivity index (χ0n) is 17.5. The molecule has 11 heteroatoms. The number of morpholine rings is 1. The number of hydrogen-bond donors (Lipinski definition) is 1. The molecule has 0 spiro atoms. The number of nitrogens with one attached hydrogen (secondary N) is 1. The van der Waals surface area contributed by atoms with E-state index in [0.29, 0.717) is 82.6 Å². The van der Waals surface area contributed by atoms with E-state index in [1.807, 2.05) is 4.90 Å². The molecule has 1 N–H and O–H groups in total. The molecule has 0 atom stereocenters. The molecule has 0 radical (unpaired) electrons. The summed E-state index contributed by atoms with van der Waals surface area (Å²) >= 11 is 0. The number of carbonyl (C=O) groups excluding carboxylic acids is 1. The highest BCUT2D eigenvalue weighted by Gasteiger charge is 2.33. The third kappa shape index (κ3) is 3.27. The highest BCUT2D eigenvalue weighted by atomic mass is 19.4. The average Bonchev–Trinajstić information content (AvgIpc) is 3.45. The number of benzene rings is 1. The summed E-state index contributed by atoms with van der Waals surface area (Å²) < 4.78 is 51.5. The number of aromatic nitrogens is 4. The second-order valence-electron chi connectivity index (χ2n) is 7.94. The molecule has 1 aliphatic heterocycles. The Morgan fingerprint density at radius 1 is 1.09 bits per heavy atom. The summed E-state index contributed by atoms with van der Waals surface area (Å²) in [5, 5.41) is 0.872. The highest BCUT2D eigenvalue weighted by molar-refractivity contribution is 6.07. The molecule has 0 saturated carbocycles. The van der Waals surface area contributed by atoms with Crippen molar-refractivity contribution in [2.75, 3.05) is 31.2 Å². The number of halogens is 3. The van der Waals surface area contributed by atoms with Gasteiger partial charge in [-0.3, -0.25) is 4.79 Å². The van der Waals surface area contributed by atoms with Gasteiger partial charge in [-0.15, -0.1) is 0 Å². The van der Waals surface area contributed by atoms with Gasteiger partial charge in [-0.05, 0) is 18.2 Å². The van der Waals surface area contributed by atoms with Crippen LogP contribution in [0.25, 0.3) is 44.5 Å². The Morgan fingerprint density at radius 2 is 1.91 bits per heavy atom. The average molecular weight is 467 g/mol. The summed E-state index contributed by atoms with van der Waals surface area (Å²) in [6, 6.07) is 7.59. The van der Waals surface area contributed by atoms with Crippen LogP contribution < -0.4 is 4.90 Å². The van der Waals surface area contributed by atoms with E-state index in [1.165, 1.54) is 6.20 Å². The highest BCUT2D eigenvalue weighted by Crippen LogP contribution is 2.38. The summed E-state index contributed by atoms with van der Waals surface area (Å²) in [4.78, 5) is 29.3. The first kappa shape index (κ1) is 20.6. The van der Waals surface area contributed by atoms with Crippen molar-refractivity contribution in [1.29, 1.82) is 0 Å². The molecule has 34 heavy (non-hydrogen) atoms. The van der Waals surface area contributed by atoms with Crippen molar-refractivity contribution in [3.05, 3.63) is 47.8 Å². The normalized spacial score (nSPS) is 15.0. The molecule has 6 rings (SSSR count). The molecule has 0 bridgehead atoms. The lowest BCUT2D eigenvalue weighted by Gasteiger charge is -2.27. The lowest BCUT2D eigenvalue weighted by atomic mass is 10.1. The monoisotopic (exact) mass is 467 g/mol. The van der Waals surface area contributed by atoms with Crippen LogP contribution in [0.4, 0.5) is 19.0 Å². The number of rotatable bonds is 3. The quantitative estimate of drug-likeness (QED) is 0.388. The Morgan fingerprint density at radius 3 is 2.68 bits per heavy atom. The predicted molar refractivity (Wildman–Crippen MR) is 118 cm³/mol. The van der Waals surface area contributed by atoms with Crippen LogP contribution in [0.5, 0.6) is 0 Å². The van der Waals surface area contributed by atoms with Crippen molar-refractivity contribution in [3.63, 3.8) is 0 Å². The first-order valence-electron chi connectivity index (χ1n) is 10.5. The van der Waals surface area contributed by atoms with E-state index < -0.39 is 11.9 Å². The standard InChI is InChI=1S/C23H16F3N5O3/c24-23(25,26)17-9-14-13(2-1-3-16(14)28-17)20-29-18-15-8-12(11-32)10-27-22(15)34-19(18)21(30-20)31-4-6-33-7-5-31/h1-3,8-11,28H,4-7H2. The molecule has 4 aromatic heterocycles. The van der Waals surface area contributed by atoms with Gasteiger partial charge in [0.25, 0.3) is 0 Å². The smallest absolute Gasteiger partial charge is 0.431 e. The Balaban J connectivity index is 1.64. The molecule has 1 aliphatic rings. The van der Waals surface area contributed by atoms with Crippen molar-refractivity contribution in [1.82, 2.24) is 19.9 Å². The predicted octanol–water partition coefficient (Wildman–Crippen LogP) is 4.59. The molecular formula is C23H16F3N5O3. The van der Waals surface area contributed by atoms with E-state index in [0.717, 1.165) is 6.07 Å². The number of aromatic amines is 1. The number of alkyl halides is 3. The fourth-order valence-electron chi connectivity index (χ4n) is 4.21. The van der Waals surface area contributed by atoms with Crippen molar-refractivity contribution >= 4 is 45.2 Å². The summed E-state index contributed by atoms with van der Waals surface area (Å²) in [7, 11) is 0. The van der Waals surface area contributed by atoms with E-state index in [9.17, 15) is 18.0 Å². The minimum atomic E-state index is -4.52. The van der Waals surface area contributed by atoms with Crippen LogP contribution in [0.15, 0.2) is 40.9 Å². The Bertz CT molecular complexity index is 1570. The first-order valence-corrected chi connectivity index (χ1v) is 10.5. The van der Waals surface area contributed by atoms with Crippen LogP contribution in [0.3, 0.4) is 0 Å². The van der Waals surface area contributed by atoms with Crippen molar-refractivity contribution in [2.24, 2.45) is 0 Å². The fraction of sp³-hybridized carbons (Fsp3) is 0.217. The van der Waals surface area contributed by atoms with Crippen LogP contribution in [-0.2, 0) is 10.9 Å². The van der Waals surface area contributed by atoms with Gasteiger partial charge in [-0.2, -0.15) is 13.2 Å². The second kappa shape index (κ2) is 7.52. The van der Waals surface area contributed by atoms with E-state index in [2.05, 4.69) is 15.0 Å². The number of hydrogen-bond acceptors (Lipinski definition) is 7. The molecule has 0 unspecified atom stereocenters. The van der Waals surface area contributed by atoms with Crippen molar-refractivity contribution < 1.29 is 27.1 Å². The molecular weight excluding hydrogens is 451 g/mol. The number of furan rings is 1.